The molecule has 0 aliphatic carbocycles. The van der Waals surface area contributed by atoms with Crippen LogP contribution in [0.2, 0.25) is 0 Å². The number of aromatic amines is 1. The van der Waals surface area contributed by atoms with Crippen LogP contribution in [-0.2, 0) is 16.1 Å². The van der Waals surface area contributed by atoms with Crippen molar-refractivity contribution < 1.29 is 18.4 Å². The summed E-state index contributed by atoms with van der Waals surface area (Å²) in [7, 11) is 0. The van der Waals surface area contributed by atoms with Gasteiger partial charge in [-0.05, 0) is 36.2 Å². The fraction of sp³-hybridized carbons (Fsp3) is 0.160. The average molecular weight is 496 g/mol. The summed E-state index contributed by atoms with van der Waals surface area (Å²) < 4.78 is 26.7. The van der Waals surface area contributed by atoms with Crippen LogP contribution >= 0.6 is 11.8 Å². The quantitative estimate of drug-likeness (QED) is 0.250. The van der Waals surface area contributed by atoms with Crippen molar-refractivity contribution in [2.75, 3.05) is 6.54 Å². The summed E-state index contributed by atoms with van der Waals surface area (Å²) in [5.41, 5.74) is 7.48. The number of thioether (sulfide) groups is 1. The number of rotatable bonds is 8. The second-order valence-electron chi connectivity index (χ2n) is 7.84. The lowest BCUT2D eigenvalue weighted by atomic mass is 10.1. The number of benzene rings is 1. The van der Waals surface area contributed by atoms with Crippen molar-refractivity contribution in [2.24, 2.45) is 5.73 Å². The van der Waals surface area contributed by atoms with Crippen LogP contribution < -0.4 is 11.1 Å². The fourth-order valence-electron chi connectivity index (χ4n) is 3.65. The number of H-pyrrole nitrogens is 1. The van der Waals surface area contributed by atoms with Gasteiger partial charge in [-0.15, -0.1) is 11.8 Å². The Balaban J connectivity index is 1.33. The van der Waals surface area contributed by atoms with Crippen LogP contribution in [0.15, 0.2) is 73.4 Å². The van der Waals surface area contributed by atoms with E-state index in [2.05, 4.69) is 34.0 Å². The number of fused-ring (bicyclic) bond motifs is 1. The van der Waals surface area contributed by atoms with Gasteiger partial charge in [0.25, 0.3) is 11.8 Å². The number of allylic oxidation sites excluding steroid dienone is 1. The van der Waals surface area contributed by atoms with E-state index in [1.54, 1.807) is 11.8 Å². The van der Waals surface area contributed by atoms with Crippen molar-refractivity contribution in [3.8, 4) is 0 Å². The van der Waals surface area contributed by atoms with Crippen molar-refractivity contribution in [2.45, 2.75) is 18.2 Å². The van der Waals surface area contributed by atoms with Gasteiger partial charge >= 0.3 is 0 Å². The molecule has 3 heterocycles. The number of carbonyl (C=O) groups excluding carboxylic acids is 2. The first-order valence-electron chi connectivity index (χ1n) is 10.8. The van der Waals surface area contributed by atoms with Crippen LogP contribution in [-0.4, -0.2) is 38.5 Å². The minimum absolute atomic E-state index is 0.0858. The predicted molar refractivity (Wildman–Crippen MR) is 132 cm³/mol. The van der Waals surface area contributed by atoms with E-state index < -0.39 is 23.4 Å². The minimum Gasteiger partial charge on any atom is -0.404 e. The Kier molecular flexibility index (Phi) is 7.31. The molecule has 1 aliphatic rings. The molecule has 2 aromatic heterocycles. The monoisotopic (exact) mass is 495 g/mol. The zero-order chi connectivity index (χ0) is 24.9. The smallest absolute Gasteiger partial charge is 0.265 e. The van der Waals surface area contributed by atoms with Crippen molar-refractivity contribution in [3.05, 3.63) is 96.1 Å². The zero-order valence-electron chi connectivity index (χ0n) is 18.6. The van der Waals surface area contributed by atoms with E-state index in [-0.39, 0.29) is 17.4 Å². The van der Waals surface area contributed by atoms with Gasteiger partial charge < -0.3 is 20.9 Å². The van der Waals surface area contributed by atoms with E-state index in [0.717, 1.165) is 51.2 Å². The van der Waals surface area contributed by atoms with Crippen LogP contribution in [0.1, 0.15) is 17.5 Å². The van der Waals surface area contributed by atoms with E-state index in [9.17, 15) is 18.4 Å². The summed E-state index contributed by atoms with van der Waals surface area (Å²) >= 11 is 1.63. The molecule has 1 atom stereocenters. The molecule has 0 radical (unpaired) electrons. The Labute approximate surface area is 204 Å². The molecule has 0 fully saturated rings. The fourth-order valence-corrected chi connectivity index (χ4v) is 4.81. The molecule has 2 amide bonds. The molecule has 3 aromatic rings. The lowest BCUT2D eigenvalue weighted by Gasteiger charge is -2.20. The normalized spacial score (nSPS) is 15.7. The Morgan fingerprint density at radius 2 is 2.11 bits per heavy atom. The number of nitrogens with zero attached hydrogens (tertiary/aromatic N) is 2. The van der Waals surface area contributed by atoms with Crippen LogP contribution in [0, 0.1) is 11.6 Å². The average Bonchev–Trinajstić information content (AvgIpc) is 3.52. The molecule has 180 valence electrons. The third-order valence-corrected chi connectivity index (χ3v) is 6.84. The number of halogens is 2. The molecule has 4 N–H and O–H groups in total. The number of aromatic nitrogens is 2. The van der Waals surface area contributed by atoms with Crippen LogP contribution in [0.3, 0.4) is 0 Å². The molecular weight excluding hydrogens is 472 g/mol. The number of nitrogens with two attached hydrogens (primary N) is 1. The zero-order valence-corrected chi connectivity index (χ0v) is 19.4. The summed E-state index contributed by atoms with van der Waals surface area (Å²) in [6, 6.07) is 7.32. The van der Waals surface area contributed by atoms with Gasteiger partial charge in [-0.25, -0.2) is 13.8 Å². The maximum Gasteiger partial charge on any atom is 0.265 e. The van der Waals surface area contributed by atoms with Crippen molar-refractivity contribution in [3.63, 3.8) is 0 Å². The number of carbonyl (C=O) groups is 2. The van der Waals surface area contributed by atoms with E-state index in [1.165, 1.54) is 12.3 Å². The maximum atomic E-state index is 13.5. The first kappa shape index (κ1) is 24.2. The third kappa shape index (κ3) is 5.43. The molecule has 0 bridgehead atoms. The van der Waals surface area contributed by atoms with Crippen LogP contribution in [0.25, 0.3) is 15.9 Å². The molecule has 35 heavy (non-hydrogen) atoms. The van der Waals surface area contributed by atoms with Gasteiger partial charge in [-0.3, -0.25) is 9.59 Å². The lowest BCUT2D eigenvalue weighted by Crippen LogP contribution is -2.38. The lowest BCUT2D eigenvalue weighted by molar-refractivity contribution is -0.128. The van der Waals surface area contributed by atoms with Crippen LogP contribution in [0.5, 0.6) is 0 Å². The molecule has 0 spiro atoms. The highest BCUT2D eigenvalue weighted by atomic mass is 32.2. The van der Waals surface area contributed by atoms with E-state index in [1.807, 2.05) is 18.5 Å². The second-order valence-corrected chi connectivity index (χ2v) is 9.18. The molecule has 7 nitrogen and oxygen atoms in total. The summed E-state index contributed by atoms with van der Waals surface area (Å²) in [5, 5.41) is 3.87. The highest BCUT2D eigenvalue weighted by Crippen LogP contribution is 2.39. The summed E-state index contributed by atoms with van der Waals surface area (Å²) in [6.07, 6.45) is 8.63. The molecule has 4 rings (SSSR count). The van der Waals surface area contributed by atoms with Gasteiger partial charge in [0.05, 0.1) is 6.54 Å². The van der Waals surface area contributed by atoms with Gasteiger partial charge in [0.2, 0.25) is 0 Å². The van der Waals surface area contributed by atoms with Gasteiger partial charge in [-0.2, -0.15) is 0 Å². The second kappa shape index (κ2) is 10.6. The Morgan fingerprint density at radius 3 is 2.86 bits per heavy atom. The number of amides is 2. The van der Waals surface area contributed by atoms with E-state index >= 15 is 0 Å². The molecule has 1 unspecified atom stereocenters. The van der Waals surface area contributed by atoms with Gasteiger partial charge in [0.1, 0.15) is 11.2 Å². The molecule has 1 aromatic carbocycles. The third-order valence-electron chi connectivity index (χ3n) is 5.49. The molecule has 10 heteroatoms. The topological polar surface area (TPSA) is 104 Å². The Morgan fingerprint density at radius 1 is 1.29 bits per heavy atom. The highest BCUT2D eigenvalue weighted by Gasteiger charge is 2.25. The minimum atomic E-state index is -1.03. The Hall–Kier alpha value is -3.92. The number of hydrogen-bond acceptors (Lipinski definition) is 5. The van der Waals surface area contributed by atoms with Gasteiger partial charge in [-0.1, -0.05) is 18.7 Å². The van der Waals surface area contributed by atoms with Gasteiger partial charge in [0, 0.05) is 52.4 Å². The van der Waals surface area contributed by atoms with Crippen molar-refractivity contribution >= 4 is 39.5 Å². The predicted octanol–water partition coefficient (Wildman–Crippen LogP) is 3.82. The number of pyridine rings is 1. The number of hydrogen-bond donors (Lipinski definition) is 3. The molecule has 0 saturated carbocycles. The largest absolute Gasteiger partial charge is 0.404 e. The highest BCUT2D eigenvalue weighted by molar-refractivity contribution is 8.09. The van der Waals surface area contributed by atoms with Gasteiger partial charge in [0.15, 0.2) is 11.6 Å². The molecule has 0 saturated heterocycles. The van der Waals surface area contributed by atoms with E-state index in [4.69, 9.17) is 5.73 Å². The summed E-state index contributed by atoms with van der Waals surface area (Å²) in [6.45, 7) is 3.80. The van der Waals surface area contributed by atoms with Crippen molar-refractivity contribution in [1.82, 2.24) is 20.2 Å². The van der Waals surface area contributed by atoms with Crippen molar-refractivity contribution in [1.29, 1.82) is 0 Å². The standard InChI is InChI=1S/C25H23F2N5O2S/c1-2-32(14-15-3-5-20(26)21(27)9-15)25(34)19(11-28)24(33)31-13-18-4-6-22(35-18)17-10-16-7-8-29-23(16)30-12-17/h2-3,5-12,18H,1,4,13-14,28H2,(H,29,30)(H,31,33)/b19-11-. The molecule has 1 aliphatic heterocycles. The Bertz CT molecular complexity index is 1350. The first-order valence-corrected chi connectivity index (χ1v) is 11.7. The summed E-state index contributed by atoms with van der Waals surface area (Å²) in [5.74, 6) is -3.35. The number of nitrogens with one attached hydrogen (secondary N) is 2. The van der Waals surface area contributed by atoms with E-state index in [0.29, 0.717) is 12.1 Å². The summed E-state index contributed by atoms with van der Waals surface area (Å²) in [4.78, 5) is 35.3. The van der Waals surface area contributed by atoms with Crippen LogP contribution in [0.4, 0.5) is 8.78 Å². The molecular formula is C25H23F2N5O2S. The first-order chi connectivity index (χ1) is 16.9. The maximum absolute atomic E-state index is 13.5. The SMILES string of the molecule is C=CN(Cc1ccc(F)c(F)c1)C(=O)/C(=C\N)C(=O)NCC1CC=C(c2cnc3[nH]ccc3c2)S1.